The van der Waals surface area contributed by atoms with Gasteiger partial charge in [-0.1, -0.05) is 25.3 Å². The van der Waals surface area contributed by atoms with E-state index in [1.807, 2.05) is 12.1 Å². The van der Waals surface area contributed by atoms with Crippen molar-refractivity contribution in [2.45, 2.75) is 43.6 Å². The van der Waals surface area contributed by atoms with Crippen LogP contribution >= 0.6 is 0 Å². The molecule has 2 fully saturated rings. The van der Waals surface area contributed by atoms with Crippen LogP contribution in [0.3, 0.4) is 0 Å². The minimum Gasteiger partial charge on any atom is -0.508 e. The van der Waals surface area contributed by atoms with Crippen LogP contribution in [0.15, 0.2) is 18.2 Å². The summed E-state index contributed by atoms with van der Waals surface area (Å²) in [4.78, 5) is 0. The number of phenolic OH excluding ortho intramolecular Hbond substituents is 1. The summed E-state index contributed by atoms with van der Waals surface area (Å²) < 4.78 is 6.29. The van der Waals surface area contributed by atoms with Crippen LogP contribution in [0.25, 0.3) is 0 Å². The summed E-state index contributed by atoms with van der Waals surface area (Å²) in [5, 5.41) is 13.8. The second-order valence-electron chi connectivity index (χ2n) is 6.29. The van der Waals surface area contributed by atoms with Crippen molar-refractivity contribution >= 4 is 5.69 Å². The van der Waals surface area contributed by atoms with Gasteiger partial charge in [-0.2, -0.15) is 0 Å². The quantitative estimate of drug-likeness (QED) is 0.751. The van der Waals surface area contributed by atoms with Gasteiger partial charge in [0.2, 0.25) is 0 Å². The molecule has 1 aromatic carbocycles. The first-order valence-corrected chi connectivity index (χ1v) is 7.50. The van der Waals surface area contributed by atoms with E-state index in [0.717, 1.165) is 37.2 Å². The average Bonchev–Trinajstić information content (AvgIpc) is 2.79. The predicted molar refractivity (Wildman–Crippen MR) is 74.6 cm³/mol. The molecule has 1 spiro atoms. The molecule has 2 unspecified atom stereocenters. The molecule has 1 aromatic rings. The topological polar surface area (TPSA) is 41.5 Å². The SMILES string of the molecule is Oc1cccc2c1C1C(CN2)COC12CCCCC2. The fraction of sp³-hybridized carbons (Fsp3) is 0.625. The summed E-state index contributed by atoms with van der Waals surface area (Å²) in [5.41, 5.74) is 2.22. The molecule has 3 heteroatoms. The molecule has 1 saturated carbocycles. The van der Waals surface area contributed by atoms with Crippen LogP contribution in [0.5, 0.6) is 5.75 Å². The van der Waals surface area contributed by atoms with Gasteiger partial charge in [-0.3, -0.25) is 0 Å². The monoisotopic (exact) mass is 259 g/mol. The first-order valence-electron chi connectivity index (χ1n) is 7.50. The summed E-state index contributed by atoms with van der Waals surface area (Å²) in [6.45, 7) is 1.81. The molecule has 1 aliphatic carbocycles. The van der Waals surface area contributed by atoms with Crippen LogP contribution in [0.4, 0.5) is 5.69 Å². The molecule has 2 N–H and O–H groups in total. The van der Waals surface area contributed by atoms with E-state index >= 15 is 0 Å². The molecule has 0 aromatic heterocycles. The molecule has 0 bridgehead atoms. The molecule has 2 heterocycles. The van der Waals surface area contributed by atoms with Gasteiger partial charge in [0.05, 0.1) is 12.2 Å². The Kier molecular flexibility index (Phi) is 2.52. The Morgan fingerprint density at radius 1 is 1.21 bits per heavy atom. The Morgan fingerprint density at radius 2 is 2.05 bits per heavy atom. The van der Waals surface area contributed by atoms with E-state index in [1.165, 1.54) is 19.3 Å². The minimum atomic E-state index is -0.00139. The molecule has 3 aliphatic rings. The van der Waals surface area contributed by atoms with Crippen molar-refractivity contribution in [1.82, 2.24) is 0 Å². The van der Waals surface area contributed by atoms with Crippen LogP contribution in [0.2, 0.25) is 0 Å². The van der Waals surface area contributed by atoms with Gasteiger partial charge in [0.1, 0.15) is 5.75 Å². The van der Waals surface area contributed by atoms with E-state index in [4.69, 9.17) is 4.74 Å². The number of hydrogen-bond acceptors (Lipinski definition) is 3. The van der Waals surface area contributed by atoms with Crippen LogP contribution < -0.4 is 5.32 Å². The zero-order valence-corrected chi connectivity index (χ0v) is 11.2. The van der Waals surface area contributed by atoms with E-state index in [9.17, 15) is 5.11 Å². The molecule has 0 amide bonds. The molecule has 19 heavy (non-hydrogen) atoms. The largest absolute Gasteiger partial charge is 0.508 e. The first-order chi connectivity index (χ1) is 9.30. The van der Waals surface area contributed by atoms with Crippen LogP contribution in [0.1, 0.15) is 43.6 Å². The number of aromatic hydroxyl groups is 1. The van der Waals surface area contributed by atoms with Gasteiger partial charge in [-0.05, 0) is 25.0 Å². The van der Waals surface area contributed by atoms with E-state index in [-0.39, 0.29) is 5.60 Å². The van der Waals surface area contributed by atoms with Crippen molar-refractivity contribution in [3.05, 3.63) is 23.8 Å². The number of benzene rings is 1. The Morgan fingerprint density at radius 3 is 2.89 bits per heavy atom. The fourth-order valence-electron chi connectivity index (χ4n) is 4.44. The maximum atomic E-state index is 10.3. The van der Waals surface area contributed by atoms with Gasteiger partial charge < -0.3 is 15.2 Å². The van der Waals surface area contributed by atoms with E-state index in [1.54, 1.807) is 0 Å². The highest BCUT2D eigenvalue weighted by molar-refractivity contribution is 5.62. The molecule has 4 rings (SSSR count). The number of ether oxygens (including phenoxy) is 1. The number of fused-ring (bicyclic) bond motifs is 4. The molecular weight excluding hydrogens is 238 g/mol. The lowest BCUT2D eigenvalue weighted by Gasteiger charge is -2.42. The van der Waals surface area contributed by atoms with Crippen molar-refractivity contribution in [3.63, 3.8) is 0 Å². The van der Waals surface area contributed by atoms with Gasteiger partial charge in [0.25, 0.3) is 0 Å². The van der Waals surface area contributed by atoms with Gasteiger partial charge in [0, 0.05) is 29.6 Å². The molecular formula is C16H21NO2. The predicted octanol–water partition coefficient (Wildman–Crippen LogP) is 3.25. The molecule has 0 radical (unpaired) electrons. The smallest absolute Gasteiger partial charge is 0.121 e. The highest BCUT2D eigenvalue weighted by Gasteiger charge is 2.53. The van der Waals surface area contributed by atoms with Crippen LogP contribution in [0, 0.1) is 5.92 Å². The Bertz CT molecular complexity index is 494. The van der Waals surface area contributed by atoms with Gasteiger partial charge in [-0.25, -0.2) is 0 Å². The molecule has 1 saturated heterocycles. The fourth-order valence-corrected chi connectivity index (χ4v) is 4.44. The summed E-state index contributed by atoms with van der Waals surface area (Å²) in [5.74, 6) is 1.33. The number of anilines is 1. The normalized spacial score (nSPS) is 31.6. The number of nitrogens with one attached hydrogen (secondary N) is 1. The van der Waals surface area contributed by atoms with Crippen molar-refractivity contribution in [2.75, 3.05) is 18.5 Å². The summed E-state index contributed by atoms with van der Waals surface area (Å²) in [6.07, 6.45) is 6.16. The lowest BCUT2D eigenvalue weighted by Crippen LogP contribution is -2.40. The van der Waals surface area contributed by atoms with Gasteiger partial charge >= 0.3 is 0 Å². The van der Waals surface area contributed by atoms with Gasteiger partial charge in [-0.15, -0.1) is 0 Å². The average molecular weight is 259 g/mol. The highest BCUT2D eigenvalue weighted by atomic mass is 16.5. The van der Waals surface area contributed by atoms with Crippen molar-refractivity contribution in [1.29, 1.82) is 0 Å². The van der Waals surface area contributed by atoms with Crippen LogP contribution in [-0.4, -0.2) is 23.9 Å². The summed E-state index contributed by atoms with van der Waals surface area (Å²) in [6, 6.07) is 5.82. The number of phenols is 1. The Labute approximate surface area is 114 Å². The maximum absolute atomic E-state index is 10.3. The third-order valence-corrected chi connectivity index (χ3v) is 5.27. The molecule has 102 valence electrons. The van der Waals surface area contributed by atoms with Crippen molar-refractivity contribution in [2.24, 2.45) is 5.92 Å². The standard InChI is InChI=1S/C16H21NO2/c18-13-6-4-5-12-14(13)15-11(9-17-12)10-19-16(15)7-2-1-3-8-16/h4-6,11,15,17-18H,1-3,7-10H2. The van der Waals surface area contributed by atoms with E-state index in [0.29, 0.717) is 17.6 Å². The van der Waals surface area contributed by atoms with Crippen LogP contribution in [-0.2, 0) is 4.74 Å². The van der Waals surface area contributed by atoms with Crippen molar-refractivity contribution < 1.29 is 9.84 Å². The lowest BCUT2D eigenvalue weighted by atomic mass is 9.68. The highest BCUT2D eigenvalue weighted by Crippen LogP contribution is 2.56. The van der Waals surface area contributed by atoms with E-state index in [2.05, 4.69) is 11.4 Å². The van der Waals surface area contributed by atoms with E-state index < -0.39 is 0 Å². The molecule has 2 aliphatic heterocycles. The maximum Gasteiger partial charge on any atom is 0.121 e. The number of rotatable bonds is 0. The third-order valence-electron chi connectivity index (χ3n) is 5.27. The molecule has 3 nitrogen and oxygen atoms in total. The Balaban J connectivity index is 1.82. The molecule has 2 atom stereocenters. The number of hydrogen-bond donors (Lipinski definition) is 2. The summed E-state index contributed by atoms with van der Waals surface area (Å²) >= 11 is 0. The second kappa shape index (κ2) is 4.14. The zero-order chi connectivity index (χ0) is 12.9. The summed E-state index contributed by atoms with van der Waals surface area (Å²) in [7, 11) is 0. The minimum absolute atomic E-state index is 0.00139. The lowest BCUT2D eigenvalue weighted by molar-refractivity contribution is -0.0342. The first kappa shape index (κ1) is 11.6. The Hall–Kier alpha value is -1.22. The van der Waals surface area contributed by atoms with Gasteiger partial charge in [0.15, 0.2) is 0 Å². The zero-order valence-electron chi connectivity index (χ0n) is 11.2. The second-order valence-corrected chi connectivity index (χ2v) is 6.29. The third kappa shape index (κ3) is 1.61. The van der Waals surface area contributed by atoms with Crippen molar-refractivity contribution in [3.8, 4) is 5.75 Å².